The summed E-state index contributed by atoms with van der Waals surface area (Å²) in [5.41, 5.74) is 1.77. The number of hydrogen-bond acceptors (Lipinski definition) is 5. The number of phenolic OH excluding ortho intramolecular Hbond substituents is 1. The van der Waals surface area contributed by atoms with Crippen molar-refractivity contribution in [1.82, 2.24) is 0 Å². The first-order chi connectivity index (χ1) is 10.7. The molecule has 3 rings (SSSR count). The molecule has 0 radical (unpaired) electrons. The zero-order chi connectivity index (χ0) is 15.5. The fraction of sp³-hybridized carbons (Fsp3) is 0.176. The predicted molar refractivity (Wildman–Crippen MR) is 82.7 cm³/mol. The Bertz CT molecular complexity index is 721. The van der Waals surface area contributed by atoms with Gasteiger partial charge in [0.15, 0.2) is 23.0 Å². The molecule has 1 N–H and O–H groups in total. The molecule has 0 aromatic heterocycles. The first-order valence-corrected chi connectivity index (χ1v) is 6.74. The van der Waals surface area contributed by atoms with E-state index in [0.717, 1.165) is 11.1 Å². The lowest BCUT2D eigenvalue weighted by Gasteiger charge is -2.06. The number of ether oxygens (including phenoxy) is 4. The number of benzene rings is 2. The third kappa shape index (κ3) is 2.65. The Hall–Kier alpha value is -2.82. The van der Waals surface area contributed by atoms with E-state index in [1.54, 1.807) is 19.2 Å². The second-order valence-electron chi connectivity index (χ2n) is 4.72. The molecule has 0 aliphatic carbocycles. The minimum Gasteiger partial charge on any atom is -0.504 e. The number of phenols is 1. The normalized spacial score (nSPS) is 12.6. The van der Waals surface area contributed by atoms with Gasteiger partial charge in [0, 0.05) is 0 Å². The van der Waals surface area contributed by atoms with Gasteiger partial charge in [-0.15, -0.1) is 0 Å². The van der Waals surface area contributed by atoms with Crippen molar-refractivity contribution < 1.29 is 24.1 Å². The minimum absolute atomic E-state index is 0.105. The molecule has 0 fully saturated rings. The fourth-order valence-electron chi connectivity index (χ4n) is 2.25. The van der Waals surface area contributed by atoms with Crippen LogP contribution in [0.1, 0.15) is 11.1 Å². The van der Waals surface area contributed by atoms with Crippen molar-refractivity contribution in [2.24, 2.45) is 0 Å². The van der Waals surface area contributed by atoms with Crippen LogP contribution >= 0.6 is 0 Å². The van der Waals surface area contributed by atoms with Gasteiger partial charge in [0.2, 0.25) is 12.5 Å². The molecule has 5 nitrogen and oxygen atoms in total. The number of methoxy groups -OCH3 is 2. The molecule has 0 amide bonds. The van der Waals surface area contributed by atoms with Crippen LogP contribution in [-0.2, 0) is 0 Å². The zero-order valence-electron chi connectivity index (χ0n) is 12.3. The first kappa shape index (κ1) is 14.1. The molecule has 0 spiro atoms. The van der Waals surface area contributed by atoms with Crippen molar-refractivity contribution in [2.45, 2.75) is 0 Å². The largest absolute Gasteiger partial charge is 0.504 e. The van der Waals surface area contributed by atoms with Crippen molar-refractivity contribution in [3.8, 4) is 28.7 Å². The third-order valence-corrected chi connectivity index (χ3v) is 3.35. The zero-order valence-corrected chi connectivity index (χ0v) is 12.3. The summed E-state index contributed by atoms with van der Waals surface area (Å²) in [4.78, 5) is 0. The molecule has 2 aromatic carbocycles. The van der Waals surface area contributed by atoms with Crippen LogP contribution in [-0.4, -0.2) is 26.1 Å². The molecule has 2 aromatic rings. The second kappa shape index (κ2) is 5.89. The Morgan fingerprint density at radius 2 is 1.73 bits per heavy atom. The van der Waals surface area contributed by atoms with Crippen LogP contribution < -0.4 is 18.9 Å². The van der Waals surface area contributed by atoms with Gasteiger partial charge in [-0.3, -0.25) is 0 Å². The van der Waals surface area contributed by atoms with Crippen molar-refractivity contribution in [3.63, 3.8) is 0 Å². The van der Waals surface area contributed by atoms with Crippen LogP contribution in [0.25, 0.3) is 12.2 Å². The van der Waals surface area contributed by atoms with E-state index in [1.807, 2.05) is 30.4 Å². The maximum atomic E-state index is 9.78. The third-order valence-electron chi connectivity index (χ3n) is 3.35. The highest BCUT2D eigenvalue weighted by atomic mass is 16.7. The lowest BCUT2D eigenvalue weighted by atomic mass is 10.1. The van der Waals surface area contributed by atoms with Crippen LogP contribution in [0.2, 0.25) is 0 Å². The molecule has 0 unspecified atom stereocenters. The van der Waals surface area contributed by atoms with E-state index in [-0.39, 0.29) is 12.5 Å². The number of fused-ring (bicyclic) bond motifs is 1. The molecule has 1 aliphatic rings. The van der Waals surface area contributed by atoms with Crippen LogP contribution in [0.15, 0.2) is 30.3 Å². The number of hydrogen-bond donors (Lipinski definition) is 1. The second-order valence-corrected chi connectivity index (χ2v) is 4.72. The summed E-state index contributed by atoms with van der Waals surface area (Å²) >= 11 is 0. The highest BCUT2D eigenvalue weighted by molar-refractivity contribution is 5.73. The van der Waals surface area contributed by atoms with E-state index in [4.69, 9.17) is 18.9 Å². The van der Waals surface area contributed by atoms with Crippen molar-refractivity contribution in [1.29, 1.82) is 0 Å². The lowest BCUT2D eigenvalue weighted by molar-refractivity contribution is 0.171. The Kier molecular flexibility index (Phi) is 3.78. The summed E-state index contributed by atoms with van der Waals surface area (Å²) in [6, 6.07) is 8.96. The summed E-state index contributed by atoms with van der Waals surface area (Å²) in [5, 5.41) is 9.78. The molecule has 114 valence electrons. The van der Waals surface area contributed by atoms with Gasteiger partial charge in [-0.05, 0) is 35.4 Å². The van der Waals surface area contributed by atoms with Crippen LogP contribution in [0.5, 0.6) is 28.7 Å². The molecule has 1 heterocycles. The molecule has 1 aliphatic heterocycles. The molecule has 0 bridgehead atoms. The minimum atomic E-state index is 0.105. The van der Waals surface area contributed by atoms with E-state index >= 15 is 0 Å². The summed E-state index contributed by atoms with van der Waals surface area (Å²) in [6.07, 6.45) is 3.79. The van der Waals surface area contributed by atoms with Crippen molar-refractivity contribution >= 4 is 12.2 Å². The SMILES string of the molecule is COc1ccc(/C=C\c2cc(OC)c3c(c2)OCO3)cc1O. The molecule has 0 saturated heterocycles. The summed E-state index contributed by atoms with van der Waals surface area (Å²) in [5.74, 6) is 2.47. The maximum absolute atomic E-state index is 9.78. The quantitative estimate of drug-likeness (QED) is 0.878. The summed E-state index contributed by atoms with van der Waals surface area (Å²) in [6.45, 7) is 0.200. The van der Waals surface area contributed by atoms with Gasteiger partial charge in [0.1, 0.15) is 0 Å². The Labute approximate surface area is 128 Å². The lowest BCUT2D eigenvalue weighted by Crippen LogP contribution is -1.93. The van der Waals surface area contributed by atoms with Gasteiger partial charge in [-0.25, -0.2) is 0 Å². The average Bonchev–Trinajstić information content (AvgIpc) is 3.00. The highest BCUT2D eigenvalue weighted by Gasteiger charge is 2.19. The van der Waals surface area contributed by atoms with Gasteiger partial charge in [0.05, 0.1) is 14.2 Å². The number of rotatable bonds is 4. The van der Waals surface area contributed by atoms with Crippen LogP contribution in [0.3, 0.4) is 0 Å². The summed E-state index contributed by atoms with van der Waals surface area (Å²) in [7, 11) is 3.11. The van der Waals surface area contributed by atoms with Crippen LogP contribution in [0.4, 0.5) is 0 Å². The fourth-order valence-corrected chi connectivity index (χ4v) is 2.25. The Morgan fingerprint density at radius 3 is 2.45 bits per heavy atom. The van der Waals surface area contributed by atoms with Crippen molar-refractivity contribution in [3.05, 3.63) is 41.5 Å². The van der Waals surface area contributed by atoms with E-state index < -0.39 is 0 Å². The number of aromatic hydroxyl groups is 1. The van der Waals surface area contributed by atoms with E-state index in [0.29, 0.717) is 23.0 Å². The van der Waals surface area contributed by atoms with Gasteiger partial charge in [-0.2, -0.15) is 0 Å². The van der Waals surface area contributed by atoms with E-state index in [9.17, 15) is 5.11 Å². The predicted octanol–water partition coefficient (Wildman–Crippen LogP) is 3.31. The monoisotopic (exact) mass is 300 g/mol. The smallest absolute Gasteiger partial charge is 0.231 e. The molecule has 0 saturated carbocycles. The van der Waals surface area contributed by atoms with Crippen LogP contribution in [0, 0.1) is 0 Å². The molecule has 0 atom stereocenters. The molecule has 22 heavy (non-hydrogen) atoms. The summed E-state index contributed by atoms with van der Waals surface area (Å²) < 4.78 is 21.1. The Balaban J connectivity index is 1.88. The van der Waals surface area contributed by atoms with Gasteiger partial charge in [-0.1, -0.05) is 18.2 Å². The highest BCUT2D eigenvalue weighted by Crippen LogP contribution is 2.42. The molecular weight excluding hydrogens is 284 g/mol. The van der Waals surface area contributed by atoms with Crippen molar-refractivity contribution in [2.75, 3.05) is 21.0 Å². The van der Waals surface area contributed by atoms with E-state index in [1.165, 1.54) is 7.11 Å². The average molecular weight is 300 g/mol. The maximum Gasteiger partial charge on any atom is 0.231 e. The molecule has 5 heteroatoms. The van der Waals surface area contributed by atoms with E-state index in [2.05, 4.69) is 0 Å². The van der Waals surface area contributed by atoms with Gasteiger partial charge < -0.3 is 24.1 Å². The van der Waals surface area contributed by atoms with Gasteiger partial charge >= 0.3 is 0 Å². The first-order valence-electron chi connectivity index (χ1n) is 6.74. The topological polar surface area (TPSA) is 57.2 Å². The molecular formula is C17H16O5. The standard InChI is InChI=1S/C17H16O5/c1-19-14-6-5-11(7-13(14)18)3-4-12-8-15(20-2)17-16(9-12)21-10-22-17/h3-9,18H,10H2,1-2H3/b4-3-. The Morgan fingerprint density at radius 1 is 0.955 bits per heavy atom. The van der Waals surface area contributed by atoms with Gasteiger partial charge in [0.25, 0.3) is 0 Å².